The average Bonchev–Trinajstić information content (AvgIpc) is 3.16. The maximum Gasteiger partial charge on any atom is 0.251 e. The normalized spacial score (nSPS) is 23.2. The Balaban J connectivity index is 1.76. The summed E-state index contributed by atoms with van der Waals surface area (Å²) in [6.07, 6.45) is 0.976. The van der Waals surface area contributed by atoms with Crippen LogP contribution in [0.3, 0.4) is 0 Å². The number of carbonyl (C=O) groups excluding carboxylic acids is 3. The number of ether oxygens (including phenoxy) is 1. The summed E-state index contributed by atoms with van der Waals surface area (Å²) in [7, 11) is 0. The van der Waals surface area contributed by atoms with Gasteiger partial charge in [-0.25, -0.2) is 0 Å². The van der Waals surface area contributed by atoms with E-state index in [-0.39, 0.29) is 36.2 Å². The maximum atomic E-state index is 13.1. The van der Waals surface area contributed by atoms with Gasteiger partial charge in [-0.1, -0.05) is 35.8 Å². The van der Waals surface area contributed by atoms with Crippen LogP contribution < -0.4 is 5.32 Å². The highest BCUT2D eigenvalue weighted by Crippen LogP contribution is 2.28. The fourth-order valence-electron chi connectivity index (χ4n) is 3.61. The average molecular weight is 423 g/mol. The minimum Gasteiger partial charge on any atom is -0.368 e. The molecule has 3 rings (SSSR count). The molecule has 140 valence electrons. The van der Waals surface area contributed by atoms with Crippen molar-refractivity contribution in [3.05, 3.63) is 34.3 Å². The third-order valence-corrected chi connectivity index (χ3v) is 5.29. The Kier molecular flexibility index (Phi) is 5.77. The molecule has 2 saturated heterocycles. The van der Waals surface area contributed by atoms with Crippen molar-refractivity contribution in [2.75, 3.05) is 13.2 Å². The summed E-state index contributed by atoms with van der Waals surface area (Å²) in [4.78, 5) is 39.4. The lowest BCUT2D eigenvalue weighted by atomic mass is 10.0. The quantitative estimate of drug-likeness (QED) is 0.788. The molecule has 1 aromatic rings. The molecule has 2 aliphatic rings. The first kappa shape index (κ1) is 19.0. The molecule has 0 radical (unpaired) electrons. The molecule has 0 bridgehead atoms. The van der Waals surface area contributed by atoms with Crippen LogP contribution in [0, 0.1) is 5.92 Å². The molecule has 2 fully saturated rings. The molecular weight excluding hydrogens is 400 g/mol. The number of nitrogens with zero attached hydrogens (tertiary/aromatic N) is 1. The second kappa shape index (κ2) is 7.88. The highest BCUT2D eigenvalue weighted by molar-refractivity contribution is 9.10. The Morgan fingerprint density at radius 1 is 1.38 bits per heavy atom. The number of fused-ring (bicyclic) bond motifs is 1. The fraction of sp³-hybridized carbons (Fsp3) is 0.526. The standard InChI is InChI=1S/C19H23BrN2O4/c1-11(2)8-14(21-18(24)12-4-3-5-13(20)9-12)19(25)22-7-6-16-17(22)15(23)10-26-16/h3-5,9,11,14,16-17H,6-8,10H2,1-2H3,(H,21,24)/t14?,16-,17-/m1/s1. The SMILES string of the molecule is CC(C)CC(NC(=O)c1cccc(Br)c1)C(=O)N1CC[C@H]2OCC(=O)[C@H]21. The number of benzene rings is 1. The first-order valence-electron chi connectivity index (χ1n) is 8.88. The summed E-state index contributed by atoms with van der Waals surface area (Å²) >= 11 is 3.35. The number of rotatable bonds is 5. The van der Waals surface area contributed by atoms with Gasteiger partial charge in [0.1, 0.15) is 18.7 Å². The van der Waals surface area contributed by atoms with E-state index in [0.717, 1.165) is 4.47 Å². The summed E-state index contributed by atoms with van der Waals surface area (Å²) in [5, 5.41) is 2.86. The molecule has 3 atom stereocenters. The molecular formula is C19H23BrN2O4. The Bertz CT molecular complexity index is 721. The maximum absolute atomic E-state index is 13.1. The monoisotopic (exact) mass is 422 g/mol. The van der Waals surface area contributed by atoms with Gasteiger partial charge < -0.3 is 15.0 Å². The first-order valence-corrected chi connectivity index (χ1v) is 9.67. The van der Waals surface area contributed by atoms with E-state index in [1.807, 2.05) is 19.9 Å². The third kappa shape index (κ3) is 3.99. The second-order valence-corrected chi connectivity index (χ2v) is 8.16. The highest BCUT2D eigenvalue weighted by Gasteiger charge is 2.48. The third-order valence-electron chi connectivity index (χ3n) is 4.79. The molecule has 0 aromatic heterocycles. The molecule has 1 unspecified atom stereocenters. The fourth-order valence-corrected chi connectivity index (χ4v) is 4.01. The Labute approximate surface area is 161 Å². The minimum atomic E-state index is -0.659. The van der Waals surface area contributed by atoms with E-state index >= 15 is 0 Å². The van der Waals surface area contributed by atoms with Crippen molar-refractivity contribution in [2.24, 2.45) is 5.92 Å². The predicted molar refractivity (Wildman–Crippen MR) is 99.7 cm³/mol. The van der Waals surface area contributed by atoms with Gasteiger partial charge in [0.05, 0.1) is 6.10 Å². The van der Waals surface area contributed by atoms with Gasteiger partial charge in [0.15, 0.2) is 5.78 Å². The molecule has 2 aliphatic heterocycles. The van der Waals surface area contributed by atoms with Crippen molar-refractivity contribution in [2.45, 2.75) is 44.9 Å². The molecule has 7 heteroatoms. The van der Waals surface area contributed by atoms with E-state index in [0.29, 0.717) is 24.9 Å². The molecule has 2 heterocycles. The van der Waals surface area contributed by atoms with Gasteiger partial charge in [-0.2, -0.15) is 0 Å². The van der Waals surface area contributed by atoms with Gasteiger partial charge in [-0.3, -0.25) is 14.4 Å². The van der Waals surface area contributed by atoms with Crippen LogP contribution in [0.4, 0.5) is 0 Å². The van der Waals surface area contributed by atoms with Crippen molar-refractivity contribution in [3.63, 3.8) is 0 Å². The summed E-state index contributed by atoms with van der Waals surface area (Å²) in [6.45, 7) is 4.56. The number of nitrogens with one attached hydrogen (secondary N) is 1. The van der Waals surface area contributed by atoms with Crippen LogP contribution in [-0.4, -0.2) is 53.8 Å². The molecule has 2 amide bonds. The number of hydrogen-bond acceptors (Lipinski definition) is 4. The second-order valence-electron chi connectivity index (χ2n) is 7.25. The van der Waals surface area contributed by atoms with E-state index in [1.165, 1.54) is 0 Å². The van der Waals surface area contributed by atoms with Crippen LogP contribution in [0.2, 0.25) is 0 Å². The van der Waals surface area contributed by atoms with Crippen molar-refractivity contribution in [1.82, 2.24) is 10.2 Å². The smallest absolute Gasteiger partial charge is 0.251 e. The van der Waals surface area contributed by atoms with Crippen LogP contribution in [0.25, 0.3) is 0 Å². The molecule has 1 N–H and O–H groups in total. The van der Waals surface area contributed by atoms with E-state index in [9.17, 15) is 14.4 Å². The zero-order chi connectivity index (χ0) is 18.8. The van der Waals surface area contributed by atoms with Crippen molar-refractivity contribution < 1.29 is 19.1 Å². The molecule has 1 aromatic carbocycles. The largest absolute Gasteiger partial charge is 0.368 e. The lowest BCUT2D eigenvalue weighted by Crippen LogP contribution is -2.52. The number of carbonyl (C=O) groups is 3. The Hall–Kier alpha value is -1.73. The Morgan fingerprint density at radius 3 is 2.85 bits per heavy atom. The molecule has 0 aliphatic carbocycles. The summed E-state index contributed by atoms with van der Waals surface area (Å²) in [6, 6.07) is 5.87. The highest BCUT2D eigenvalue weighted by atomic mass is 79.9. The molecule has 26 heavy (non-hydrogen) atoms. The zero-order valence-electron chi connectivity index (χ0n) is 14.9. The molecule has 6 nitrogen and oxygen atoms in total. The number of halogens is 1. The van der Waals surface area contributed by atoms with Gasteiger partial charge in [-0.05, 0) is 37.0 Å². The minimum absolute atomic E-state index is 0.0533. The van der Waals surface area contributed by atoms with E-state index < -0.39 is 12.1 Å². The predicted octanol–water partition coefficient (Wildman–Crippen LogP) is 2.16. The van der Waals surface area contributed by atoms with Crippen LogP contribution in [0.5, 0.6) is 0 Å². The van der Waals surface area contributed by atoms with E-state index in [4.69, 9.17) is 4.74 Å². The number of hydrogen-bond donors (Lipinski definition) is 1. The molecule has 0 saturated carbocycles. The van der Waals surface area contributed by atoms with Gasteiger partial charge in [-0.15, -0.1) is 0 Å². The number of amides is 2. The van der Waals surface area contributed by atoms with Crippen LogP contribution in [0.1, 0.15) is 37.0 Å². The van der Waals surface area contributed by atoms with Gasteiger partial charge in [0, 0.05) is 16.6 Å². The van der Waals surface area contributed by atoms with Gasteiger partial charge in [0.25, 0.3) is 5.91 Å². The van der Waals surface area contributed by atoms with Gasteiger partial charge >= 0.3 is 0 Å². The van der Waals surface area contributed by atoms with Crippen molar-refractivity contribution in [3.8, 4) is 0 Å². The summed E-state index contributed by atoms with van der Waals surface area (Å²) in [5.74, 6) is -0.327. The van der Waals surface area contributed by atoms with Crippen LogP contribution in [0.15, 0.2) is 28.7 Å². The lowest BCUT2D eigenvalue weighted by Gasteiger charge is -2.28. The van der Waals surface area contributed by atoms with E-state index in [1.54, 1.807) is 23.1 Å². The van der Waals surface area contributed by atoms with Crippen molar-refractivity contribution >= 4 is 33.5 Å². The lowest BCUT2D eigenvalue weighted by molar-refractivity contribution is -0.138. The van der Waals surface area contributed by atoms with E-state index in [2.05, 4.69) is 21.2 Å². The van der Waals surface area contributed by atoms with Crippen LogP contribution >= 0.6 is 15.9 Å². The van der Waals surface area contributed by atoms with Gasteiger partial charge in [0.2, 0.25) is 5.91 Å². The van der Waals surface area contributed by atoms with Crippen LogP contribution in [-0.2, 0) is 14.3 Å². The van der Waals surface area contributed by atoms with Crippen molar-refractivity contribution in [1.29, 1.82) is 0 Å². The molecule has 0 spiro atoms. The number of ketones is 1. The first-order chi connectivity index (χ1) is 12.4. The number of likely N-dealkylation sites (tertiary alicyclic amines) is 1. The summed E-state index contributed by atoms with van der Waals surface area (Å²) < 4.78 is 6.26. The topological polar surface area (TPSA) is 75.7 Å². The Morgan fingerprint density at radius 2 is 2.15 bits per heavy atom. The number of Topliss-reactive ketones (excluding diaryl/α,β-unsaturated/α-hetero) is 1. The summed E-state index contributed by atoms with van der Waals surface area (Å²) in [5.41, 5.74) is 0.487. The zero-order valence-corrected chi connectivity index (χ0v) is 16.5.